The number of ether oxygens (including phenoxy) is 1. The maximum atomic E-state index is 11.2. The van der Waals surface area contributed by atoms with Crippen LogP contribution < -0.4 is 10.1 Å². The van der Waals surface area contributed by atoms with Crippen molar-refractivity contribution < 1.29 is 9.53 Å². The molecule has 0 aliphatic rings. The minimum atomic E-state index is -0.0106. The third kappa shape index (κ3) is 4.00. The molecule has 0 bridgehead atoms. The summed E-state index contributed by atoms with van der Waals surface area (Å²) in [5.41, 5.74) is 0.755. The van der Waals surface area contributed by atoms with E-state index in [4.69, 9.17) is 16.3 Å². The zero-order valence-electron chi connectivity index (χ0n) is 10.5. The second-order valence-electron chi connectivity index (χ2n) is 3.99. The van der Waals surface area contributed by atoms with Gasteiger partial charge in [0.15, 0.2) is 0 Å². The molecule has 1 amide bonds. The summed E-state index contributed by atoms with van der Waals surface area (Å²) in [5, 5.41) is 3.41. The number of benzene rings is 2. The molecule has 1 N–H and O–H groups in total. The molecule has 2 aromatic carbocycles. The molecule has 0 atom stereocenters. The lowest BCUT2D eigenvalue weighted by molar-refractivity contribution is -0.115. The van der Waals surface area contributed by atoms with E-state index in [0.717, 1.165) is 5.69 Å². The average molecular weight is 276 g/mol. The van der Waals surface area contributed by atoms with E-state index in [9.17, 15) is 4.79 Å². The van der Waals surface area contributed by atoms with Crippen LogP contribution in [0.2, 0.25) is 5.02 Å². The lowest BCUT2D eigenvalue weighted by Crippen LogP contribution is -2.08. The van der Waals surface area contributed by atoms with Crippen LogP contribution in [0.15, 0.2) is 48.5 Å². The molecule has 0 fully saturated rings. The number of hydrogen-bond donors (Lipinski definition) is 1. The average Bonchev–Trinajstić information content (AvgIpc) is 2.41. The molecule has 0 aromatic heterocycles. The zero-order chi connectivity index (χ0) is 13.7. The summed E-state index contributed by atoms with van der Waals surface area (Å²) >= 11 is 5.88. The van der Waals surface area contributed by atoms with Crippen molar-refractivity contribution in [3.05, 3.63) is 53.6 Å². The maximum absolute atomic E-state index is 11.2. The Morgan fingerprint density at radius 1 is 1.16 bits per heavy atom. The van der Waals surface area contributed by atoms with Gasteiger partial charge in [-0.05, 0) is 42.5 Å². The number of carbonyl (C=O) groups is 1. The SMILES string of the molecule is CCC(=O)Nc1ccc(Oc2cccc(Cl)c2)cc1. The fraction of sp³-hybridized carbons (Fsp3) is 0.133. The highest BCUT2D eigenvalue weighted by Gasteiger charge is 2.01. The van der Waals surface area contributed by atoms with Crippen LogP contribution in [0.25, 0.3) is 0 Å². The van der Waals surface area contributed by atoms with Crippen molar-refractivity contribution in [1.82, 2.24) is 0 Å². The summed E-state index contributed by atoms with van der Waals surface area (Å²) in [6.45, 7) is 1.81. The summed E-state index contributed by atoms with van der Waals surface area (Å²) < 4.78 is 5.65. The van der Waals surface area contributed by atoms with Gasteiger partial charge in [-0.25, -0.2) is 0 Å². The number of anilines is 1. The van der Waals surface area contributed by atoms with Crippen LogP contribution >= 0.6 is 11.6 Å². The number of rotatable bonds is 4. The molecule has 19 heavy (non-hydrogen) atoms. The van der Waals surface area contributed by atoms with Gasteiger partial charge in [-0.1, -0.05) is 24.6 Å². The Labute approximate surface area is 117 Å². The summed E-state index contributed by atoms with van der Waals surface area (Å²) in [6, 6.07) is 14.4. The third-order valence-corrected chi connectivity index (χ3v) is 2.73. The molecule has 0 saturated heterocycles. The lowest BCUT2D eigenvalue weighted by Gasteiger charge is -2.07. The maximum Gasteiger partial charge on any atom is 0.224 e. The van der Waals surface area contributed by atoms with Crippen LogP contribution in [-0.4, -0.2) is 5.91 Å². The molecule has 98 valence electrons. The molecule has 4 heteroatoms. The Morgan fingerprint density at radius 3 is 2.53 bits per heavy atom. The Bertz CT molecular complexity index is 567. The van der Waals surface area contributed by atoms with Gasteiger partial charge in [-0.3, -0.25) is 4.79 Å². The highest BCUT2D eigenvalue weighted by Crippen LogP contribution is 2.25. The van der Waals surface area contributed by atoms with Gasteiger partial charge in [0.1, 0.15) is 11.5 Å². The highest BCUT2D eigenvalue weighted by atomic mass is 35.5. The van der Waals surface area contributed by atoms with Crippen LogP contribution in [0, 0.1) is 0 Å². The first-order valence-electron chi connectivity index (χ1n) is 6.00. The van der Waals surface area contributed by atoms with Crippen LogP contribution in [0.3, 0.4) is 0 Å². The monoisotopic (exact) mass is 275 g/mol. The lowest BCUT2D eigenvalue weighted by atomic mass is 10.3. The summed E-state index contributed by atoms with van der Waals surface area (Å²) in [7, 11) is 0. The van der Waals surface area contributed by atoms with Gasteiger partial charge in [0.25, 0.3) is 0 Å². The Hall–Kier alpha value is -2.00. The van der Waals surface area contributed by atoms with Crippen molar-refractivity contribution >= 4 is 23.2 Å². The fourth-order valence-corrected chi connectivity index (χ4v) is 1.70. The number of hydrogen-bond acceptors (Lipinski definition) is 2. The van der Waals surface area contributed by atoms with Gasteiger partial charge in [0.2, 0.25) is 5.91 Å². The minimum Gasteiger partial charge on any atom is -0.457 e. The van der Waals surface area contributed by atoms with Gasteiger partial charge in [0.05, 0.1) is 0 Å². The van der Waals surface area contributed by atoms with Crippen LogP contribution in [0.4, 0.5) is 5.69 Å². The highest BCUT2D eigenvalue weighted by molar-refractivity contribution is 6.30. The zero-order valence-corrected chi connectivity index (χ0v) is 11.3. The predicted molar refractivity (Wildman–Crippen MR) is 76.9 cm³/mol. The normalized spacial score (nSPS) is 10.0. The first kappa shape index (κ1) is 13.4. The summed E-state index contributed by atoms with van der Waals surface area (Å²) in [5.74, 6) is 1.36. The van der Waals surface area contributed by atoms with Crippen LogP contribution in [0.1, 0.15) is 13.3 Å². The summed E-state index contributed by atoms with van der Waals surface area (Å²) in [4.78, 5) is 11.2. The van der Waals surface area contributed by atoms with E-state index >= 15 is 0 Å². The first-order valence-corrected chi connectivity index (χ1v) is 6.38. The Kier molecular flexibility index (Phi) is 4.42. The first-order chi connectivity index (χ1) is 9.17. The molecule has 0 spiro atoms. The third-order valence-electron chi connectivity index (χ3n) is 2.49. The fourth-order valence-electron chi connectivity index (χ4n) is 1.52. The molecule has 0 heterocycles. The standard InChI is InChI=1S/C15H14ClNO2/c1-2-15(18)17-12-6-8-13(9-7-12)19-14-5-3-4-11(16)10-14/h3-10H,2H2,1H3,(H,17,18). The van der Waals surface area contributed by atoms with E-state index in [1.165, 1.54) is 0 Å². The molecule has 2 aromatic rings. The van der Waals surface area contributed by atoms with E-state index in [2.05, 4.69) is 5.32 Å². The number of amides is 1. The van der Waals surface area contributed by atoms with E-state index in [0.29, 0.717) is 22.9 Å². The molecule has 2 rings (SSSR count). The molecule has 0 radical (unpaired) electrons. The quantitative estimate of drug-likeness (QED) is 0.893. The molecule has 0 aliphatic carbocycles. The van der Waals surface area contributed by atoms with E-state index in [-0.39, 0.29) is 5.91 Å². The van der Waals surface area contributed by atoms with Crippen molar-refractivity contribution in [2.24, 2.45) is 0 Å². The van der Waals surface area contributed by atoms with Crippen molar-refractivity contribution in [3.8, 4) is 11.5 Å². The van der Waals surface area contributed by atoms with Gasteiger partial charge in [0, 0.05) is 17.1 Å². The second-order valence-corrected chi connectivity index (χ2v) is 4.42. The molecular formula is C15H14ClNO2. The number of carbonyl (C=O) groups excluding carboxylic acids is 1. The van der Waals surface area contributed by atoms with Gasteiger partial charge in [-0.2, -0.15) is 0 Å². The molecule has 0 unspecified atom stereocenters. The van der Waals surface area contributed by atoms with Crippen molar-refractivity contribution in [2.75, 3.05) is 5.32 Å². The smallest absolute Gasteiger partial charge is 0.224 e. The van der Waals surface area contributed by atoms with E-state index < -0.39 is 0 Å². The summed E-state index contributed by atoms with van der Waals surface area (Å²) in [6.07, 6.45) is 0.459. The van der Waals surface area contributed by atoms with Crippen molar-refractivity contribution in [3.63, 3.8) is 0 Å². The van der Waals surface area contributed by atoms with Crippen molar-refractivity contribution in [1.29, 1.82) is 0 Å². The minimum absolute atomic E-state index is 0.0106. The van der Waals surface area contributed by atoms with Gasteiger partial charge >= 0.3 is 0 Å². The molecule has 0 saturated carbocycles. The van der Waals surface area contributed by atoms with Gasteiger partial charge in [-0.15, -0.1) is 0 Å². The number of halogens is 1. The Balaban J connectivity index is 2.04. The van der Waals surface area contributed by atoms with E-state index in [1.807, 2.05) is 19.1 Å². The van der Waals surface area contributed by atoms with Crippen molar-refractivity contribution in [2.45, 2.75) is 13.3 Å². The molecule has 0 aliphatic heterocycles. The largest absolute Gasteiger partial charge is 0.457 e. The topological polar surface area (TPSA) is 38.3 Å². The molecule has 3 nitrogen and oxygen atoms in total. The predicted octanol–water partition coefficient (Wildman–Crippen LogP) is 4.48. The van der Waals surface area contributed by atoms with Crippen LogP contribution in [-0.2, 0) is 4.79 Å². The second kappa shape index (κ2) is 6.25. The van der Waals surface area contributed by atoms with Gasteiger partial charge < -0.3 is 10.1 Å². The Morgan fingerprint density at radius 2 is 1.89 bits per heavy atom. The van der Waals surface area contributed by atoms with Crippen LogP contribution in [0.5, 0.6) is 11.5 Å². The van der Waals surface area contributed by atoms with E-state index in [1.54, 1.807) is 36.4 Å². The molecular weight excluding hydrogens is 262 g/mol. The number of nitrogens with one attached hydrogen (secondary N) is 1.